The summed E-state index contributed by atoms with van der Waals surface area (Å²) in [6.07, 6.45) is 8.20. The van der Waals surface area contributed by atoms with Crippen LogP contribution < -0.4 is 4.74 Å². The van der Waals surface area contributed by atoms with E-state index >= 15 is 0 Å². The molecule has 6 rings (SSSR count). The van der Waals surface area contributed by atoms with E-state index in [1.54, 1.807) is 7.11 Å². The Hall–Kier alpha value is -2.28. The second kappa shape index (κ2) is 9.30. The zero-order chi connectivity index (χ0) is 22.0. The van der Waals surface area contributed by atoms with E-state index < -0.39 is 0 Å². The normalized spacial score (nSPS) is 27.8. The quantitative estimate of drug-likeness (QED) is 0.313. The first-order valence-corrected chi connectivity index (χ1v) is 12.1. The van der Waals surface area contributed by atoms with E-state index in [0.29, 0.717) is 13.2 Å². The molecule has 0 heterocycles. The third kappa shape index (κ3) is 4.58. The highest BCUT2D eigenvalue weighted by Gasteiger charge is 2.52. The third-order valence-corrected chi connectivity index (χ3v) is 7.72. The topological polar surface area (TPSA) is 27.7 Å². The van der Waals surface area contributed by atoms with E-state index in [1.807, 2.05) is 0 Å². The number of methoxy groups -OCH3 is 1. The molecule has 0 saturated heterocycles. The average Bonchev–Trinajstić information content (AvgIpc) is 2.78. The van der Waals surface area contributed by atoms with Gasteiger partial charge < -0.3 is 14.2 Å². The highest BCUT2D eigenvalue weighted by atomic mass is 16.7. The van der Waals surface area contributed by atoms with Crippen LogP contribution in [0.2, 0.25) is 0 Å². The molecule has 4 bridgehead atoms. The molecule has 2 aromatic rings. The fourth-order valence-electron chi connectivity index (χ4n) is 6.68. The van der Waals surface area contributed by atoms with Crippen LogP contribution in [0.25, 0.3) is 0 Å². The summed E-state index contributed by atoms with van der Waals surface area (Å²) in [7, 11) is 1.69. The van der Waals surface area contributed by atoms with Crippen LogP contribution in [-0.2, 0) is 14.9 Å². The summed E-state index contributed by atoms with van der Waals surface area (Å²) in [5, 5.41) is 0. The zero-order valence-corrected chi connectivity index (χ0v) is 19.4. The van der Waals surface area contributed by atoms with Crippen LogP contribution >= 0.6 is 0 Å². The van der Waals surface area contributed by atoms with Crippen LogP contribution in [0, 0.1) is 36.5 Å². The molecule has 4 aliphatic rings. The van der Waals surface area contributed by atoms with Gasteiger partial charge in [-0.15, -0.1) is 0 Å². The average molecular weight is 431 g/mol. The molecule has 0 amide bonds. The Morgan fingerprint density at radius 3 is 2.12 bits per heavy atom. The van der Waals surface area contributed by atoms with E-state index in [2.05, 4.69) is 61.2 Å². The molecule has 2 aromatic carbocycles. The molecule has 3 nitrogen and oxygen atoms in total. The molecule has 0 N–H and O–H groups in total. The van der Waals surface area contributed by atoms with Crippen molar-refractivity contribution in [3.8, 4) is 17.6 Å². The minimum absolute atomic E-state index is 0.248. The highest BCUT2D eigenvalue weighted by molar-refractivity contribution is 5.51. The molecule has 168 valence electrons. The van der Waals surface area contributed by atoms with Crippen molar-refractivity contribution in [2.24, 2.45) is 17.8 Å². The Bertz CT molecular complexity index is 960. The molecule has 0 unspecified atom stereocenters. The van der Waals surface area contributed by atoms with Gasteiger partial charge in [0.2, 0.25) is 0 Å². The van der Waals surface area contributed by atoms with E-state index in [1.165, 1.54) is 49.7 Å². The number of hydrogen-bond donors (Lipinski definition) is 0. The molecule has 0 radical (unpaired) electrons. The fourth-order valence-corrected chi connectivity index (χ4v) is 6.68. The van der Waals surface area contributed by atoms with Gasteiger partial charge in [0.25, 0.3) is 0 Å². The molecule has 0 aliphatic heterocycles. The maximum Gasteiger partial charge on any atom is 0.189 e. The van der Waals surface area contributed by atoms with Gasteiger partial charge in [-0.05, 0) is 98.9 Å². The minimum atomic E-state index is 0.248. The lowest BCUT2D eigenvalue weighted by molar-refractivity contribution is -0.0189. The molecule has 3 heteroatoms. The lowest BCUT2D eigenvalue weighted by atomic mass is 9.48. The lowest BCUT2D eigenvalue weighted by Crippen LogP contribution is -2.48. The molecule has 4 saturated carbocycles. The van der Waals surface area contributed by atoms with Crippen molar-refractivity contribution in [1.29, 1.82) is 0 Å². The van der Waals surface area contributed by atoms with E-state index in [4.69, 9.17) is 14.2 Å². The van der Waals surface area contributed by atoms with Gasteiger partial charge in [-0.1, -0.05) is 29.5 Å². The van der Waals surface area contributed by atoms with Gasteiger partial charge in [-0.25, -0.2) is 0 Å². The second-order valence-corrected chi connectivity index (χ2v) is 10.2. The Balaban J connectivity index is 1.43. The molecular formula is C29H34O3. The highest BCUT2D eigenvalue weighted by Crippen LogP contribution is 2.61. The first kappa shape index (κ1) is 21.6. The Morgan fingerprint density at radius 1 is 0.844 bits per heavy atom. The van der Waals surface area contributed by atoms with Crippen LogP contribution in [0.5, 0.6) is 5.75 Å². The summed E-state index contributed by atoms with van der Waals surface area (Å²) >= 11 is 0. The standard InChI is InChI=1S/C29H34O3/c1-21-3-5-22(6-4-21)7-8-23-9-10-28(32-20-31-12-11-30-2)27(16-23)29-17-24-13-25(18-29)15-26(14-24)19-29/h3-6,9-10,16,24-26H,11-15,17-20H2,1-2H3. The van der Waals surface area contributed by atoms with Gasteiger partial charge in [-0.3, -0.25) is 0 Å². The maximum atomic E-state index is 6.18. The molecule has 0 aromatic heterocycles. The van der Waals surface area contributed by atoms with Gasteiger partial charge >= 0.3 is 0 Å². The largest absolute Gasteiger partial charge is 0.467 e. The van der Waals surface area contributed by atoms with Gasteiger partial charge in [0, 0.05) is 23.8 Å². The Morgan fingerprint density at radius 2 is 1.47 bits per heavy atom. The number of benzene rings is 2. The first-order chi connectivity index (χ1) is 15.6. The molecular weight excluding hydrogens is 396 g/mol. The lowest BCUT2D eigenvalue weighted by Gasteiger charge is -2.57. The van der Waals surface area contributed by atoms with Gasteiger partial charge in [0.15, 0.2) is 6.79 Å². The van der Waals surface area contributed by atoms with Crippen molar-refractivity contribution in [3.63, 3.8) is 0 Å². The summed E-state index contributed by atoms with van der Waals surface area (Å²) in [6.45, 7) is 3.49. The molecule has 0 atom stereocenters. The minimum Gasteiger partial charge on any atom is -0.467 e. The van der Waals surface area contributed by atoms with Crippen molar-refractivity contribution in [1.82, 2.24) is 0 Å². The van der Waals surface area contributed by atoms with Gasteiger partial charge in [-0.2, -0.15) is 0 Å². The van der Waals surface area contributed by atoms with Crippen molar-refractivity contribution < 1.29 is 14.2 Å². The van der Waals surface area contributed by atoms with Crippen LogP contribution in [0.4, 0.5) is 0 Å². The molecule has 32 heavy (non-hydrogen) atoms. The number of ether oxygens (including phenoxy) is 3. The summed E-state index contributed by atoms with van der Waals surface area (Å²) in [4.78, 5) is 0. The Kier molecular flexibility index (Phi) is 6.26. The molecule has 4 aliphatic carbocycles. The second-order valence-electron chi connectivity index (χ2n) is 10.2. The van der Waals surface area contributed by atoms with Crippen LogP contribution in [0.1, 0.15) is 60.8 Å². The monoisotopic (exact) mass is 430 g/mol. The smallest absolute Gasteiger partial charge is 0.189 e. The van der Waals surface area contributed by atoms with E-state index in [-0.39, 0.29) is 12.2 Å². The van der Waals surface area contributed by atoms with Gasteiger partial charge in [0.05, 0.1) is 13.2 Å². The van der Waals surface area contributed by atoms with Crippen molar-refractivity contribution in [3.05, 3.63) is 64.7 Å². The molecule has 4 fully saturated rings. The van der Waals surface area contributed by atoms with Crippen molar-refractivity contribution >= 4 is 0 Å². The third-order valence-electron chi connectivity index (χ3n) is 7.72. The van der Waals surface area contributed by atoms with E-state index in [9.17, 15) is 0 Å². The summed E-state index contributed by atoms with van der Waals surface area (Å²) in [6, 6.07) is 15.0. The maximum absolute atomic E-state index is 6.18. The number of hydrogen-bond acceptors (Lipinski definition) is 3. The summed E-state index contributed by atoms with van der Waals surface area (Å²) in [5.41, 5.74) is 5.00. The summed E-state index contributed by atoms with van der Waals surface area (Å²) < 4.78 is 16.9. The number of rotatable bonds is 7. The first-order valence-electron chi connectivity index (χ1n) is 12.1. The van der Waals surface area contributed by atoms with Crippen LogP contribution in [0.15, 0.2) is 42.5 Å². The predicted octanol–water partition coefficient (Wildman–Crippen LogP) is 5.86. The number of aryl methyl sites for hydroxylation is 1. The predicted molar refractivity (Wildman–Crippen MR) is 127 cm³/mol. The zero-order valence-electron chi connectivity index (χ0n) is 19.4. The van der Waals surface area contributed by atoms with Crippen LogP contribution in [0.3, 0.4) is 0 Å². The summed E-state index contributed by atoms with van der Waals surface area (Å²) in [5.74, 6) is 10.4. The van der Waals surface area contributed by atoms with Crippen molar-refractivity contribution in [2.75, 3.05) is 27.1 Å². The van der Waals surface area contributed by atoms with Gasteiger partial charge in [0.1, 0.15) is 5.75 Å². The van der Waals surface area contributed by atoms with Crippen LogP contribution in [-0.4, -0.2) is 27.1 Å². The van der Waals surface area contributed by atoms with E-state index in [0.717, 1.165) is 34.6 Å². The van der Waals surface area contributed by atoms with Crippen molar-refractivity contribution in [2.45, 2.75) is 50.9 Å². The molecule has 0 spiro atoms. The SMILES string of the molecule is COCCOCOc1ccc(C#Cc2ccc(C)cc2)cc1C12CC3CC(CC(C3)C1)C2. The fraction of sp³-hybridized carbons (Fsp3) is 0.517. The Labute approximate surface area is 192 Å².